The monoisotopic (exact) mass is 260 g/mol. The number of carbonyl (C=O) groups excluding carboxylic acids is 2. The van der Waals surface area contributed by atoms with Gasteiger partial charge in [-0.15, -0.1) is 0 Å². The van der Waals surface area contributed by atoms with Crippen LogP contribution in [0.5, 0.6) is 0 Å². The molecule has 1 fully saturated rings. The van der Waals surface area contributed by atoms with Gasteiger partial charge in [0.05, 0.1) is 0 Å². The zero-order chi connectivity index (χ0) is 13.7. The van der Waals surface area contributed by atoms with E-state index in [-0.39, 0.29) is 11.8 Å². The Labute approximate surface area is 113 Å². The van der Waals surface area contributed by atoms with Crippen molar-refractivity contribution in [1.82, 2.24) is 5.32 Å². The number of ketones is 1. The number of urea groups is 1. The number of hydrogen-bond acceptors (Lipinski definition) is 2. The summed E-state index contributed by atoms with van der Waals surface area (Å²) in [6.45, 7) is 2.25. The summed E-state index contributed by atoms with van der Waals surface area (Å²) in [5.41, 5.74) is 1.25. The highest BCUT2D eigenvalue weighted by Crippen LogP contribution is 2.23. The van der Waals surface area contributed by atoms with Crippen LogP contribution in [0.1, 0.15) is 43.0 Å². The molecule has 0 aliphatic heterocycles. The first-order chi connectivity index (χ1) is 9.15. The van der Waals surface area contributed by atoms with Crippen molar-refractivity contribution in [1.29, 1.82) is 0 Å². The molecule has 102 valence electrons. The van der Waals surface area contributed by atoms with Gasteiger partial charge in [-0.2, -0.15) is 0 Å². The largest absolute Gasteiger partial charge is 0.338 e. The highest BCUT2D eigenvalue weighted by atomic mass is 16.2. The zero-order valence-corrected chi connectivity index (χ0v) is 11.2. The molecule has 0 unspecified atom stereocenters. The van der Waals surface area contributed by atoms with Crippen LogP contribution in [0, 0.1) is 5.92 Å². The van der Waals surface area contributed by atoms with E-state index in [0.29, 0.717) is 17.2 Å². The molecule has 1 aliphatic rings. The molecule has 2 amide bonds. The number of Topliss-reactive ketones (excluding diaryl/α,β-unsaturated/α-hetero) is 1. The fourth-order valence-electron chi connectivity index (χ4n) is 2.44. The molecule has 4 nitrogen and oxygen atoms in total. The van der Waals surface area contributed by atoms with Crippen molar-refractivity contribution in [2.75, 3.05) is 11.9 Å². The molecule has 0 radical (unpaired) electrons. The van der Waals surface area contributed by atoms with Crippen LogP contribution in [0.4, 0.5) is 10.5 Å². The fraction of sp³-hybridized carbons (Fsp3) is 0.467. The lowest BCUT2D eigenvalue weighted by atomic mass is 10.1. The molecule has 1 aliphatic carbocycles. The Morgan fingerprint density at radius 1 is 1.26 bits per heavy atom. The third kappa shape index (κ3) is 4.09. The first-order valence-electron chi connectivity index (χ1n) is 6.81. The van der Waals surface area contributed by atoms with Gasteiger partial charge in [-0.05, 0) is 37.8 Å². The Morgan fingerprint density at radius 3 is 2.68 bits per heavy atom. The van der Waals surface area contributed by atoms with Crippen LogP contribution in [0.25, 0.3) is 0 Å². The van der Waals surface area contributed by atoms with Crippen LogP contribution in [0.3, 0.4) is 0 Å². The zero-order valence-electron chi connectivity index (χ0n) is 11.2. The summed E-state index contributed by atoms with van der Waals surface area (Å²) in [4.78, 5) is 23.0. The Kier molecular flexibility index (Phi) is 4.55. The molecule has 1 saturated carbocycles. The molecule has 2 N–H and O–H groups in total. The van der Waals surface area contributed by atoms with Gasteiger partial charge in [0.15, 0.2) is 5.78 Å². The van der Waals surface area contributed by atoms with Crippen LogP contribution in [-0.4, -0.2) is 18.4 Å². The minimum atomic E-state index is -0.201. The van der Waals surface area contributed by atoms with Crippen molar-refractivity contribution in [3.63, 3.8) is 0 Å². The van der Waals surface area contributed by atoms with E-state index < -0.39 is 0 Å². The van der Waals surface area contributed by atoms with E-state index in [1.165, 1.54) is 32.6 Å². The van der Waals surface area contributed by atoms with Crippen LogP contribution in [0.2, 0.25) is 0 Å². The Morgan fingerprint density at radius 2 is 2.00 bits per heavy atom. The van der Waals surface area contributed by atoms with E-state index in [1.54, 1.807) is 24.3 Å². The topological polar surface area (TPSA) is 58.2 Å². The lowest BCUT2D eigenvalue weighted by molar-refractivity contribution is 0.101. The van der Waals surface area contributed by atoms with Gasteiger partial charge < -0.3 is 10.6 Å². The average molecular weight is 260 g/mol. The SMILES string of the molecule is CC(=O)c1cccc(NC(=O)NCC2CCCC2)c1. The number of amides is 2. The molecule has 1 aromatic rings. The quantitative estimate of drug-likeness (QED) is 0.817. The standard InChI is InChI=1S/C15H20N2O2/c1-11(18)13-7-4-8-14(9-13)17-15(19)16-10-12-5-2-3-6-12/h4,7-9,12H,2-3,5-6,10H2,1H3,(H2,16,17,19). The molecular formula is C15H20N2O2. The minimum absolute atomic E-state index is 0.00462. The van der Waals surface area contributed by atoms with Gasteiger partial charge >= 0.3 is 6.03 Å². The van der Waals surface area contributed by atoms with Gasteiger partial charge in [-0.25, -0.2) is 4.79 Å². The van der Waals surface area contributed by atoms with Crippen molar-refractivity contribution in [2.24, 2.45) is 5.92 Å². The van der Waals surface area contributed by atoms with Gasteiger partial charge in [-0.3, -0.25) is 4.79 Å². The fourth-order valence-corrected chi connectivity index (χ4v) is 2.44. The summed E-state index contributed by atoms with van der Waals surface area (Å²) < 4.78 is 0. The Balaban J connectivity index is 1.84. The van der Waals surface area contributed by atoms with Crippen molar-refractivity contribution in [3.8, 4) is 0 Å². The molecule has 0 saturated heterocycles. The van der Waals surface area contributed by atoms with Crippen molar-refractivity contribution >= 4 is 17.5 Å². The Bertz CT molecular complexity index is 465. The first kappa shape index (κ1) is 13.6. The van der Waals surface area contributed by atoms with Gasteiger partial charge in [0.1, 0.15) is 0 Å². The number of hydrogen-bond donors (Lipinski definition) is 2. The van der Waals surface area contributed by atoms with Gasteiger partial charge in [0.2, 0.25) is 0 Å². The summed E-state index contributed by atoms with van der Waals surface area (Å²) in [5, 5.41) is 5.65. The summed E-state index contributed by atoms with van der Waals surface area (Å²) in [6, 6.07) is 6.78. The number of anilines is 1. The summed E-state index contributed by atoms with van der Waals surface area (Å²) in [5.74, 6) is 0.615. The van der Waals surface area contributed by atoms with E-state index in [0.717, 1.165) is 6.54 Å². The van der Waals surface area contributed by atoms with Crippen LogP contribution in [0.15, 0.2) is 24.3 Å². The van der Waals surface area contributed by atoms with Crippen molar-refractivity contribution in [2.45, 2.75) is 32.6 Å². The first-order valence-corrected chi connectivity index (χ1v) is 6.81. The second-order valence-corrected chi connectivity index (χ2v) is 5.12. The third-order valence-corrected chi connectivity index (χ3v) is 3.55. The lowest BCUT2D eigenvalue weighted by Crippen LogP contribution is -2.32. The summed E-state index contributed by atoms with van der Waals surface area (Å²) >= 11 is 0. The number of benzene rings is 1. The summed E-state index contributed by atoms with van der Waals surface area (Å²) in [6.07, 6.45) is 4.96. The molecule has 0 spiro atoms. The minimum Gasteiger partial charge on any atom is -0.338 e. The van der Waals surface area contributed by atoms with E-state index in [2.05, 4.69) is 10.6 Å². The van der Waals surface area contributed by atoms with Crippen LogP contribution < -0.4 is 10.6 Å². The highest BCUT2D eigenvalue weighted by molar-refractivity contribution is 5.96. The van der Waals surface area contributed by atoms with E-state index >= 15 is 0 Å². The molecule has 2 rings (SSSR count). The second-order valence-electron chi connectivity index (χ2n) is 5.12. The Hall–Kier alpha value is -1.84. The maximum Gasteiger partial charge on any atom is 0.319 e. The van der Waals surface area contributed by atoms with E-state index in [9.17, 15) is 9.59 Å². The summed E-state index contributed by atoms with van der Waals surface area (Å²) in [7, 11) is 0. The maximum atomic E-state index is 11.7. The molecule has 1 aromatic carbocycles. The van der Waals surface area contributed by atoms with Crippen molar-refractivity contribution in [3.05, 3.63) is 29.8 Å². The van der Waals surface area contributed by atoms with Gasteiger partial charge in [-0.1, -0.05) is 25.0 Å². The number of carbonyl (C=O) groups is 2. The normalized spacial score (nSPS) is 15.2. The third-order valence-electron chi connectivity index (χ3n) is 3.55. The smallest absolute Gasteiger partial charge is 0.319 e. The molecule has 0 heterocycles. The van der Waals surface area contributed by atoms with Crippen molar-refractivity contribution < 1.29 is 9.59 Å². The second kappa shape index (κ2) is 6.36. The molecule has 0 atom stereocenters. The lowest BCUT2D eigenvalue weighted by Gasteiger charge is -2.12. The number of nitrogens with one attached hydrogen (secondary N) is 2. The van der Waals surface area contributed by atoms with Crippen LogP contribution >= 0.6 is 0 Å². The molecule has 19 heavy (non-hydrogen) atoms. The van der Waals surface area contributed by atoms with E-state index in [1.807, 2.05) is 0 Å². The predicted molar refractivity (Wildman–Crippen MR) is 75.4 cm³/mol. The molecule has 4 heteroatoms. The van der Waals surface area contributed by atoms with Crippen LogP contribution in [-0.2, 0) is 0 Å². The average Bonchev–Trinajstić information content (AvgIpc) is 2.90. The van der Waals surface area contributed by atoms with Gasteiger partial charge in [0, 0.05) is 17.8 Å². The molecule has 0 aromatic heterocycles. The maximum absolute atomic E-state index is 11.7. The predicted octanol–water partition coefficient (Wildman–Crippen LogP) is 3.20. The number of rotatable bonds is 4. The van der Waals surface area contributed by atoms with Gasteiger partial charge in [0.25, 0.3) is 0 Å². The highest BCUT2D eigenvalue weighted by Gasteiger charge is 2.15. The molecular weight excluding hydrogens is 240 g/mol. The van der Waals surface area contributed by atoms with E-state index in [4.69, 9.17) is 0 Å². The molecule has 0 bridgehead atoms.